The largest absolute Gasteiger partial charge is 0.459 e. The lowest BCUT2D eigenvalue weighted by Gasteiger charge is -2.09. The van der Waals surface area contributed by atoms with E-state index in [1.54, 1.807) is 24.3 Å². The van der Waals surface area contributed by atoms with Gasteiger partial charge in [-0.2, -0.15) is 0 Å². The second-order valence-electron chi connectivity index (χ2n) is 4.55. The second-order valence-corrected chi connectivity index (χ2v) is 4.55. The van der Waals surface area contributed by atoms with Crippen molar-refractivity contribution in [2.45, 2.75) is 18.9 Å². The fourth-order valence-corrected chi connectivity index (χ4v) is 1.82. The minimum absolute atomic E-state index is 0.138. The maximum atomic E-state index is 11.5. The molecule has 2 aliphatic rings. The Balaban J connectivity index is 0.000000272. The van der Waals surface area contributed by atoms with Gasteiger partial charge in [0.15, 0.2) is 0 Å². The van der Waals surface area contributed by atoms with E-state index >= 15 is 0 Å². The predicted octanol–water partition coefficient (Wildman–Crippen LogP) is 1.54. The Kier molecular flexibility index (Phi) is 6.18. The number of esters is 2. The first-order valence-corrected chi connectivity index (χ1v) is 6.83. The van der Waals surface area contributed by atoms with Crippen LogP contribution < -0.4 is 0 Å². The standard InChI is InChI=1S/C12H12O4.C3H6O2/c13-11-7-6-10(16-11)8-15-12(14)9-4-2-1-3-5-9;1-2-5-3-4-1/h1-5,10H,6-8H2;1-3H2/t10-;/m0./s1. The summed E-state index contributed by atoms with van der Waals surface area (Å²) in [7, 11) is 0. The molecule has 0 amide bonds. The lowest BCUT2D eigenvalue weighted by Crippen LogP contribution is -2.18. The topological polar surface area (TPSA) is 71.1 Å². The van der Waals surface area contributed by atoms with Gasteiger partial charge in [0.2, 0.25) is 0 Å². The summed E-state index contributed by atoms with van der Waals surface area (Å²) in [5.41, 5.74) is 0.506. The third-order valence-corrected chi connectivity index (χ3v) is 2.92. The van der Waals surface area contributed by atoms with E-state index in [2.05, 4.69) is 0 Å². The van der Waals surface area contributed by atoms with Crippen LogP contribution in [0.3, 0.4) is 0 Å². The highest BCUT2D eigenvalue weighted by Gasteiger charge is 2.24. The number of carbonyl (C=O) groups excluding carboxylic acids is 2. The zero-order valence-corrected chi connectivity index (χ0v) is 11.7. The highest BCUT2D eigenvalue weighted by Crippen LogP contribution is 2.14. The minimum Gasteiger partial charge on any atom is -0.459 e. The van der Waals surface area contributed by atoms with E-state index in [1.807, 2.05) is 6.07 Å². The summed E-state index contributed by atoms with van der Waals surface area (Å²) in [6.07, 6.45) is 0.759. The van der Waals surface area contributed by atoms with E-state index in [1.165, 1.54) is 0 Å². The van der Waals surface area contributed by atoms with Gasteiger partial charge in [0.25, 0.3) is 0 Å². The van der Waals surface area contributed by atoms with Gasteiger partial charge in [-0.3, -0.25) is 4.79 Å². The van der Waals surface area contributed by atoms with E-state index < -0.39 is 0 Å². The zero-order chi connectivity index (χ0) is 14.9. The van der Waals surface area contributed by atoms with Crippen molar-refractivity contribution in [1.29, 1.82) is 0 Å². The van der Waals surface area contributed by atoms with E-state index in [4.69, 9.17) is 18.9 Å². The van der Waals surface area contributed by atoms with Crippen LogP contribution in [-0.2, 0) is 23.7 Å². The number of hydrogen-bond acceptors (Lipinski definition) is 6. The van der Waals surface area contributed by atoms with Gasteiger partial charge in [-0.1, -0.05) is 18.2 Å². The lowest BCUT2D eigenvalue weighted by molar-refractivity contribution is -0.142. The zero-order valence-electron chi connectivity index (χ0n) is 11.7. The predicted molar refractivity (Wildman–Crippen MR) is 72.6 cm³/mol. The molecule has 0 bridgehead atoms. The molecule has 2 aliphatic heterocycles. The quantitative estimate of drug-likeness (QED) is 0.788. The molecule has 114 valence electrons. The summed E-state index contributed by atoms with van der Waals surface area (Å²) in [5, 5.41) is 0. The minimum atomic E-state index is -0.386. The molecule has 2 fully saturated rings. The summed E-state index contributed by atoms with van der Waals surface area (Å²) in [6.45, 7) is 2.19. The molecular weight excluding hydrogens is 276 g/mol. The van der Waals surface area contributed by atoms with Crippen LogP contribution in [0.25, 0.3) is 0 Å². The molecule has 6 heteroatoms. The van der Waals surface area contributed by atoms with Gasteiger partial charge in [0.1, 0.15) is 19.5 Å². The van der Waals surface area contributed by atoms with Crippen LogP contribution in [0.15, 0.2) is 30.3 Å². The molecule has 0 N–H and O–H groups in total. The van der Waals surface area contributed by atoms with Crippen LogP contribution in [0.4, 0.5) is 0 Å². The number of carbonyl (C=O) groups is 2. The molecule has 0 unspecified atom stereocenters. The van der Waals surface area contributed by atoms with Crippen molar-refractivity contribution in [3.05, 3.63) is 35.9 Å². The Morgan fingerprint density at radius 1 is 1.19 bits per heavy atom. The highest BCUT2D eigenvalue weighted by molar-refractivity contribution is 5.89. The molecule has 2 heterocycles. The monoisotopic (exact) mass is 294 g/mol. The normalized spacial score (nSPS) is 20.4. The summed E-state index contributed by atoms with van der Waals surface area (Å²) in [5.74, 6) is -0.607. The number of hydrogen-bond donors (Lipinski definition) is 0. The van der Waals surface area contributed by atoms with Gasteiger partial charge in [-0.25, -0.2) is 4.79 Å². The first-order chi connectivity index (χ1) is 10.3. The Morgan fingerprint density at radius 2 is 1.90 bits per heavy atom. The number of ether oxygens (including phenoxy) is 4. The van der Waals surface area contributed by atoms with Crippen molar-refractivity contribution in [1.82, 2.24) is 0 Å². The van der Waals surface area contributed by atoms with E-state index in [0.29, 0.717) is 25.2 Å². The summed E-state index contributed by atoms with van der Waals surface area (Å²) in [4.78, 5) is 22.3. The number of rotatable bonds is 3. The van der Waals surface area contributed by atoms with Crippen LogP contribution in [0.5, 0.6) is 0 Å². The summed E-state index contributed by atoms with van der Waals surface area (Å²) < 4.78 is 19.4. The smallest absolute Gasteiger partial charge is 0.338 e. The fraction of sp³-hybridized carbons (Fsp3) is 0.467. The number of cyclic esters (lactones) is 1. The van der Waals surface area contributed by atoms with Crippen LogP contribution in [0, 0.1) is 0 Å². The molecule has 0 spiro atoms. The third-order valence-electron chi connectivity index (χ3n) is 2.92. The molecule has 1 aromatic rings. The lowest BCUT2D eigenvalue weighted by atomic mass is 10.2. The Morgan fingerprint density at radius 3 is 2.43 bits per heavy atom. The SMILES string of the molecule is C1COCO1.O=C1CC[C@@H](COC(=O)c2ccccc2)O1. The van der Waals surface area contributed by atoms with Crippen molar-refractivity contribution >= 4 is 11.9 Å². The van der Waals surface area contributed by atoms with Gasteiger partial charge in [-0.15, -0.1) is 0 Å². The average Bonchev–Trinajstić information content (AvgIpc) is 3.20. The summed E-state index contributed by atoms with van der Waals surface area (Å²) in [6, 6.07) is 8.74. The first kappa shape index (κ1) is 15.5. The van der Waals surface area contributed by atoms with Crippen LogP contribution in [-0.4, -0.2) is 44.7 Å². The molecule has 3 rings (SSSR count). The average molecular weight is 294 g/mol. The van der Waals surface area contributed by atoms with Crippen molar-refractivity contribution in [3.8, 4) is 0 Å². The Hall–Kier alpha value is -1.92. The Bertz CT molecular complexity index is 447. The second kappa shape index (κ2) is 8.39. The van der Waals surface area contributed by atoms with Crippen LogP contribution in [0.2, 0.25) is 0 Å². The van der Waals surface area contributed by atoms with Crippen molar-refractivity contribution < 1.29 is 28.5 Å². The van der Waals surface area contributed by atoms with Gasteiger partial charge >= 0.3 is 11.9 Å². The maximum Gasteiger partial charge on any atom is 0.338 e. The highest BCUT2D eigenvalue weighted by atomic mass is 16.7. The maximum absolute atomic E-state index is 11.5. The molecular formula is C15H18O6. The molecule has 1 atom stereocenters. The Labute approximate surface area is 122 Å². The van der Waals surface area contributed by atoms with Crippen molar-refractivity contribution in [3.63, 3.8) is 0 Å². The number of benzene rings is 1. The van der Waals surface area contributed by atoms with Gasteiger partial charge < -0.3 is 18.9 Å². The molecule has 0 radical (unpaired) electrons. The fourth-order valence-electron chi connectivity index (χ4n) is 1.82. The molecule has 2 saturated heterocycles. The van der Waals surface area contributed by atoms with E-state index in [9.17, 15) is 9.59 Å². The molecule has 6 nitrogen and oxygen atoms in total. The molecule has 1 aromatic carbocycles. The van der Waals surface area contributed by atoms with E-state index in [0.717, 1.165) is 13.2 Å². The van der Waals surface area contributed by atoms with Crippen molar-refractivity contribution in [2.24, 2.45) is 0 Å². The van der Waals surface area contributed by atoms with Crippen LogP contribution >= 0.6 is 0 Å². The molecule has 0 aromatic heterocycles. The van der Waals surface area contributed by atoms with Gasteiger partial charge in [0.05, 0.1) is 18.8 Å². The molecule has 0 saturated carbocycles. The van der Waals surface area contributed by atoms with Crippen LogP contribution in [0.1, 0.15) is 23.2 Å². The van der Waals surface area contributed by atoms with Gasteiger partial charge in [0, 0.05) is 6.42 Å². The third kappa shape index (κ3) is 5.53. The summed E-state index contributed by atoms with van der Waals surface area (Å²) >= 11 is 0. The first-order valence-electron chi connectivity index (χ1n) is 6.83. The van der Waals surface area contributed by atoms with Gasteiger partial charge in [-0.05, 0) is 18.6 Å². The molecule has 0 aliphatic carbocycles. The van der Waals surface area contributed by atoms with E-state index in [-0.39, 0.29) is 24.6 Å². The van der Waals surface area contributed by atoms with Crippen molar-refractivity contribution in [2.75, 3.05) is 26.6 Å². The molecule has 21 heavy (non-hydrogen) atoms.